The van der Waals surface area contributed by atoms with E-state index in [0.717, 1.165) is 10.2 Å². The van der Waals surface area contributed by atoms with Crippen LogP contribution >= 0.6 is 15.9 Å². The lowest BCUT2D eigenvalue weighted by molar-refractivity contribution is -0.123. The molecular formula is C32H28BrF3N4O5. The number of carbonyl (C=O) groups is 2. The Hall–Kier alpha value is -4.23. The third-order valence-corrected chi connectivity index (χ3v) is 9.39. The molecule has 1 saturated carbocycles. The first-order chi connectivity index (χ1) is 21.3. The van der Waals surface area contributed by atoms with E-state index in [1.165, 1.54) is 20.1 Å². The average molecular weight is 685 g/mol. The molecule has 1 aliphatic heterocycles. The summed E-state index contributed by atoms with van der Waals surface area (Å²) >= 11 is 3.46. The first-order valence-corrected chi connectivity index (χ1v) is 14.8. The van der Waals surface area contributed by atoms with Gasteiger partial charge in [-0.1, -0.05) is 0 Å². The summed E-state index contributed by atoms with van der Waals surface area (Å²) in [5.41, 5.74) is 3.63. The number of rotatable bonds is 8. The number of nitrogens with one attached hydrogen (secondary N) is 1. The maximum atomic E-state index is 15.1. The molecular weight excluding hydrogens is 657 g/mol. The second kappa shape index (κ2) is 11.0. The number of ether oxygens (including phenoxy) is 2. The summed E-state index contributed by atoms with van der Waals surface area (Å²) in [6.07, 6.45) is 1.18. The van der Waals surface area contributed by atoms with E-state index in [4.69, 9.17) is 15.2 Å². The number of hydrogen-bond donors (Lipinski definition) is 3. The zero-order valence-corrected chi connectivity index (χ0v) is 26.0. The van der Waals surface area contributed by atoms with Crippen molar-refractivity contribution in [2.45, 2.75) is 37.7 Å². The topological polar surface area (TPSA) is 137 Å². The highest BCUT2D eigenvalue weighted by Crippen LogP contribution is 2.50. The number of halogens is 4. The van der Waals surface area contributed by atoms with Crippen molar-refractivity contribution < 1.29 is 37.3 Å². The maximum absolute atomic E-state index is 15.1. The van der Waals surface area contributed by atoms with Crippen molar-refractivity contribution >= 4 is 38.6 Å². The molecule has 0 bridgehead atoms. The number of aromatic nitrogens is 2. The molecule has 4 aromatic rings. The summed E-state index contributed by atoms with van der Waals surface area (Å²) in [6, 6.07) is 7.48. The Morgan fingerprint density at radius 2 is 1.84 bits per heavy atom. The molecule has 4 N–H and O–H groups in total. The van der Waals surface area contributed by atoms with E-state index >= 15 is 4.39 Å². The number of primary amides is 1. The molecule has 9 nitrogen and oxygen atoms in total. The first-order valence-electron chi connectivity index (χ1n) is 14.1. The van der Waals surface area contributed by atoms with Crippen LogP contribution in [-0.4, -0.2) is 47.2 Å². The van der Waals surface area contributed by atoms with Crippen molar-refractivity contribution in [2.24, 2.45) is 11.7 Å². The van der Waals surface area contributed by atoms with Gasteiger partial charge in [0.15, 0.2) is 11.6 Å². The number of hydrogen-bond acceptors (Lipinski definition) is 7. The SMILES string of the molecule is COc1cc(C(=O)NC[C@](O)(c2cc3c(c(-c4cc(F)c(F)cc4F)n2)OC[C@]3(C)C(N)=O)C2CC2)cc2cc(Br)c(C)nc12. The van der Waals surface area contributed by atoms with Gasteiger partial charge in [-0.15, -0.1) is 0 Å². The standard InChI is InChI=1S/C32H28BrF3N4O5/c1-14-20(33)7-15-6-16(8-24(44-3)26(15)39-14)29(41)38-12-32(43,17-4-5-17)25-10-19-28(45-13-31(19,2)30(37)42)27(40-25)18-9-22(35)23(36)11-21(18)34/h6-11,17,43H,4-5,12-13H2,1-3H3,(H2,37,42)(H,38,41)/t31-,32+/m0/s1. The number of methoxy groups -OCH3 is 1. The van der Waals surface area contributed by atoms with Crippen LogP contribution < -0.4 is 20.5 Å². The highest BCUT2D eigenvalue weighted by molar-refractivity contribution is 9.10. The maximum Gasteiger partial charge on any atom is 0.251 e. The number of nitrogens with two attached hydrogens (primary N) is 1. The van der Waals surface area contributed by atoms with E-state index in [9.17, 15) is 23.5 Å². The van der Waals surface area contributed by atoms with Gasteiger partial charge in [0.25, 0.3) is 5.91 Å². The van der Waals surface area contributed by atoms with E-state index in [0.29, 0.717) is 41.6 Å². The summed E-state index contributed by atoms with van der Waals surface area (Å²) in [6.45, 7) is 2.83. The Bertz CT molecular complexity index is 1920. The number of carbonyl (C=O) groups excluding carboxylic acids is 2. The largest absolute Gasteiger partial charge is 0.494 e. The van der Waals surface area contributed by atoms with Crippen molar-refractivity contribution in [1.29, 1.82) is 0 Å². The Morgan fingerprint density at radius 1 is 1.13 bits per heavy atom. The summed E-state index contributed by atoms with van der Waals surface area (Å²) in [5.74, 6) is -5.13. The minimum absolute atomic E-state index is 0.0131. The fraction of sp³-hybridized carbons (Fsp3) is 0.312. The first kappa shape index (κ1) is 30.8. The minimum atomic E-state index is -1.79. The van der Waals surface area contributed by atoms with Gasteiger partial charge in [0, 0.05) is 32.6 Å². The van der Waals surface area contributed by atoms with Crippen LogP contribution in [0.2, 0.25) is 0 Å². The third-order valence-electron chi connectivity index (χ3n) is 8.59. The number of nitrogens with zero attached hydrogens (tertiary/aromatic N) is 2. The monoisotopic (exact) mass is 684 g/mol. The molecule has 45 heavy (non-hydrogen) atoms. The lowest BCUT2D eigenvalue weighted by atomic mass is 9.81. The molecule has 0 spiro atoms. The Morgan fingerprint density at radius 3 is 2.51 bits per heavy atom. The van der Waals surface area contributed by atoms with E-state index < -0.39 is 45.8 Å². The van der Waals surface area contributed by atoms with E-state index in [1.54, 1.807) is 12.1 Å². The minimum Gasteiger partial charge on any atom is -0.494 e. The van der Waals surface area contributed by atoms with Gasteiger partial charge in [0.05, 0.1) is 25.0 Å². The van der Waals surface area contributed by atoms with Crippen LogP contribution in [0, 0.1) is 30.3 Å². The van der Waals surface area contributed by atoms with Crippen LogP contribution in [0.25, 0.3) is 22.2 Å². The molecule has 2 amide bonds. The second-order valence-corrected chi connectivity index (χ2v) is 12.5. The molecule has 0 unspecified atom stereocenters. The molecule has 13 heteroatoms. The summed E-state index contributed by atoms with van der Waals surface area (Å²) in [7, 11) is 1.47. The number of aliphatic hydroxyl groups is 1. The van der Waals surface area contributed by atoms with Crippen LogP contribution in [-0.2, 0) is 15.8 Å². The van der Waals surface area contributed by atoms with Crippen LogP contribution in [0.4, 0.5) is 13.2 Å². The zero-order valence-electron chi connectivity index (χ0n) is 24.4. The van der Waals surface area contributed by atoms with E-state index in [2.05, 4.69) is 31.2 Å². The predicted molar refractivity (Wildman–Crippen MR) is 161 cm³/mol. The summed E-state index contributed by atoms with van der Waals surface area (Å²) in [4.78, 5) is 35.1. The van der Waals surface area contributed by atoms with Gasteiger partial charge >= 0.3 is 0 Å². The van der Waals surface area contributed by atoms with Gasteiger partial charge < -0.3 is 25.6 Å². The highest BCUT2D eigenvalue weighted by Gasteiger charge is 2.50. The normalized spacial score (nSPS) is 18.7. The van der Waals surface area contributed by atoms with Gasteiger partial charge in [0.2, 0.25) is 5.91 Å². The summed E-state index contributed by atoms with van der Waals surface area (Å²) < 4.78 is 55.2. The fourth-order valence-corrected chi connectivity index (χ4v) is 5.96. The zero-order chi connectivity index (χ0) is 32.4. The quantitative estimate of drug-likeness (QED) is 0.223. The highest BCUT2D eigenvalue weighted by atomic mass is 79.9. The molecule has 1 fully saturated rings. The number of aryl methyl sites for hydroxylation is 1. The number of benzene rings is 2. The Labute approximate surface area is 264 Å². The molecule has 1 aliphatic carbocycles. The molecule has 2 aliphatic rings. The molecule has 234 valence electrons. The molecule has 2 atom stereocenters. The molecule has 2 aromatic heterocycles. The van der Waals surface area contributed by atoms with E-state index in [1.807, 2.05) is 13.0 Å². The number of amides is 2. The molecule has 0 saturated heterocycles. The van der Waals surface area contributed by atoms with Crippen molar-refractivity contribution in [3.8, 4) is 22.8 Å². The van der Waals surface area contributed by atoms with Gasteiger partial charge in [-0.3, -0.25) is 9.59 Å². The van der Waals surface area contributed by atoms with Crippen molar-refractivity contribution in [3.63, 3.8) is 0 Å². The van der Waals surface area contributed by atoms with Gasteiger partial charge in [-0.2, -0.15) is 0 Å². The smallest absolute Gasteiger partial charge is 0.251 e. The van der Waals surface area contributed by atoms with Crippen LogP contribution in [0.5, 0.6) is 11.5 Å². The Balaban J connectivity index is 1.42. The van der Waals surface area contributed by atoms with Crippen LogP contribution in [0.1, 0.15) is 47.1 Å². The van der Waals surface area contributed by atoms with Gasteiger partial charge in [0.1, 0.15) is 46.1 Å². The van der Waals surface area contributed by atoms with Crippen molar-refractivity contribution in [3.05, 3.63) is 80.8 Å². The van der Waals surface area contributed by atoms with Crippen LogP contribution in [0.3, 0.4) is 0 Å². The second-order valence-electron chi connectivity index (χ2n) is 11.7. The lowest BCUT2D eigenvalue weighted by Gasteiger charge is -2.30. The fourth-order valence-electron chi connectivity index (χ4n) is 5.63. The lowest BCUT2D eigenvalue weighted by Crippen LogP contribution is -2.44. The predicted octanol–water partition coefficient (Wildman–Crippen LogP) is 4.96. The van der Waals surface area contributed by atoms with Crippen LogP contribution in [0.15, 0.2) is 40.9 Å². The molecule has 0 radical (unpaired) electrons. The Kier molecular flexibility index (Phi) is 7.51. The number of fused-ring (bicyclic) bond motifs is 2. The average Bonchev–Trinajstić information content (AvgIpc) is 3.81. The van der Waals surface area contributed by atoms with Crippen molar-refractivity contribution in [2.75, 3.05) is 20.3 Å². The third kappa shape index (κ3) is 5.17. The summed E-state index contributed by atoms with van der Waals surface area (Å²) in [5, 5.41) is 15.6. The molecule has 2 aromatic carbocycles. The van der Waals surface area contributed by atoms with Gasteiger partial charge in [-0.25, -0.2) is 23.1 Å². The molecule has 3 heterocycles. The molecule has 6 rings (SSSR count). The van der Waals surface area contributed by atoms with Crippen molar-refractivity contribution in [1.82, 2.24) is 15.3 Å². The number of pyridine rings is 2. The van der Waals surface area contributed by atoms with Gasteiger partial charge in [-0.05, 0) is 78.9 Å². The van der Waals surface area contributed by atoms with E-state index in [-0.39, 0.29) is 47.3 Å².